The third-order valence-electron chi connectivity index (χ3n) is 7.16. The molecule has 0 radical (unpaired) electrons. The van der Waals surface area contributed by atoms with E-state index in [4.69, 9.17) is 14.6 Å². The Kier molecular flexibility index (Phi) is 6.12. The number of hydrogen-bond acceptors (Lipinski definition) is 6. The van der Waals surface area contributed by atoms with Crippen LogP contribution in [0.15, 0.2) is 59.8 Å². The smallest absolute Gasteiger partial charge is 0.256 e. The SMILES string of the molecule is COc1ccc(C2=NN(C3CCN(C(=O)c4cccc5cccnc45)CC3)C(=O)C2(C)C)cc1OC. The number of hydrazone groups is 1. The van der Waals surface area contributed by atoms with Gasteiger partial charge in [-0.1, -0.05) is 18.2 Å². The number of piperidine rings is 1. The Labute approximate surface area is 210 Å². The van der Waals surface area contributed by atoms with Crippen LogP contribution in [0, 0.1) is 5.41 Å². The van der Waals surface area contributed by atoms with Crippen LogP contribution in [-0.2, 0) is 4.79 Å². The Morgan fingerprint density at radius 3 is 2.44 bits per heavy atom. The average Bonchev–Trinajstić information content (AvgIpc) is 3.16. The number of likely N-dealkylation sites (tertiary alicyclic amines) is 1. The molecule has 0 atom stereocenters. The number of methoxy groups -OCH3 is 2. The van der Waals surface area contributed by atoms with Gasteiger partial charge in [0.2, 0.25) is 0 Å². The molecular weight excluding hydrogens is 456 g/mol. The number of ether oxygens (including phenoxy) is 2. The number of fused-ring (bicyclic) bond motifs is 1. The van der Waals surface area contributed by atoms with E-state index >= 15 is 0 Å². The Hall–Kier alpha value is -3.94. The lowest BCUT2D eigenvalue weighted by atomic mass is 9.83. The first-order valence-corrected chi connectivity index (χ1v) is 12.1. The molecule has 1 aromatic heterocycles. The van der Waals surface area contributed by atoms with Crippen molar-refractivity contribution in [2.45, 2.75) is 32.7 Å². The van der Waals surface area contributed by atoms with Crippen molar-refractivity contribution in [3.8, 4) is 11.5 Å². The van der Waals surface area contributed by atoms with Gasteiger partial charge in [0.25, 0.3) is 11.8 Å². The number of pyridine rings is 1. The number of para-hydroxylation sites is 1. The molecule has 0 spiro atoms. The molecule has 1 fully saturated rings. The van der Waals surface area contributed by atoms with E-state index in [1.54, 1.807) is 25.4 Å². The molecule has 3 heterocycles. The van der Waals surface area contributed by atoms with Crippen LogP contribution in [0.3, 0.4) is 0 Å². The van der Waals surface area contributed by atoms with Gasteiger partial charge in [0.05, 0.1) is 42.5 Å². The maximum atomic E-state index is 13.4. The lowest BCUT2D eigenvalue weighted by Gasteiger charge is -2.35. The summed E-state index contributed by atoms with van der Waals surface area (Å²) in [5.74, 6) is 1.16. The number of rotatable bonds is 5. The Balaban J connectivity index is 1.34. The van der Waals surface area contributed by atoms with E-state index in [1.807, 2.05) is 67.3 Å². The minimum atomic E-state index is -0.777. The van der Waals surface area contributed by atoms with Gasteiger partial charge in [-0.15, -0.1) is 0 Å². The van der Waals surface area contributed by atoms with Crippen molar-refractivity contribution >= 4 is 28.4 Å². The van der Waals surface area contributed by atoms with Crippen LogP contribution < -0.4 is 9.47 Å². The first kappa shape index (κ1) is 23.8. The number of benzene rings is 2. The van der Waals surface area contributed by atoms with Crippen molar-refractivity contribution in [1.82, 2.24) is 14.9 Å². The van der Waals surface area contributed by atoms with Crippen molar-refractivity contribution in [2.24, 2.45) is 10.5 Å². The third kappa shape index (κ3) is 3.96. The highest BCUT2D eigenvalue weighted by molar-refractivity contribution is 6.19. The predicted octanol–water partition coefficient (Wildman–Crippen LogP) is 4.13. The molecule has 0 unspecified atom stereocenters. The molecule has 2 amide bonds. The summed E-state index contributed by atoms with van der Waals surface area (Å²) in [5.41, 5.74) is 2.08. The quantitative estimate of drug-likeness (QED) is 0.542. The summed E-state index contributed by atoms with van der Waals surface area (Å²) in [6.45, 7) is 4.91. The molecule has 5 rings (SSSR count). The van der Waals surface area contributed by atoms with Gasteiger partial charge in [-0.05, 0) is 57.0 Å². The van der Waals surface area contributed by atoms with Gasteiger partial charge in [0.15, 0.2) is 11.5 Å². The molecule has 0 aliphatic carbocycles. The van der Waals surface area contributed by atoms with E-state index in [9.17, 15) is 9.59 Å². The van der Waals surface area contributed by atoms with Gasteiger partial charge in [0.1, 0.15) is 0 Å². The number of nitrogens with zero attached hydrogens (tertiary/aromatic N) is 4. The zero-order valence-electron chi connectivity index (χ0n) is 21.0. The van der Waals surface area contributed by atoms with Crippen molar-refractivity contribution in [1.29, 1.82) is 0 Å². The fourth-order valence-electron chi connectivity index (χ4n) is 5.08. The highest BCUT2D eigenvalue weighted by atomic mass is 16.5. The largest absolute Gasteiger partial charge is 0.493 e. The molecule has 2 aromatic carbocycles. The van der Waals surface area contributed by atoms with Crippen LogP contribution in [0.1, 0.15) is 42.6 Å². The van der Waals surface area contributed by atoms with Gasteiger partial charge in [0, 0.05) is 30.2 Å². The number of carbonyl (C=O) groups is 2. The minimum Gasteiger partial charge on any atom is -0.493 e. The van der Waals surface area contributed by atoms with E-state index in [0.29, 0.717) is 54.2 Å². The molecule has 2 aliphatic rings. The van der Waals surface area contributed by atoms with Gasteiger partial charge < -0.3 is 14.4 Å². The monoisotopic (exact) mass is 486 g/mol. The molecule has 0 saturated carbocycles. The second-order valence-corrected chi connectivity index (χ2v) is 9.70. The van der Waals surface area contributed by atoms with Crippen molar-refractivity contribution in [2.75, 3.05) is 27.3 Å². The Bertz CT molecular complexity index is 1350. The lowest BCUT2D eigenvalue weighted by molar-refractivity contribution is -0.137. The van der Waals surface area contributed by atoms with E-state index in [0.717, 1.165) is 10.9 Å². The summed E-state index contributed by atoms with van der Waals surface area (Å²) in [5, 5.41) is 7.38. The van der Waals surface area contributed by atoms with Crippen LogP contribution in [0.5, 0.6) is 11.5 Å². The molecule has 0 bridgehead atoms. The van der Waals surface area contributed by atoms with E-state index in [-0.39, 0.29) is 17.9 Å². The summed E-state index contributed by atoms with van der Waals surface area (Å²) in [7, 11) is 3.18. The second-order valence-electron chi connectivity index (χ2n) is 9.70. The van der Waals surface area contributed by atoms with Gasteiger partial charge in [-0.25, -0.2) is 5.01 Å². The Morgan fingerprint density at radius 2 is 1.72 bits per heavy atom. The van der Waals surface area contributed by atoms with E-state index in [2.05, 4.69) is 4.98 Å². The normalized spacial score (nSPS) is 17.9. The zero-order chi connectivity index (χ0) is 25.4. The van der Waals surface area contributed by atoms with Crippen molar-refractivity contribution in [3.63, 3.8) is 0 Å². The fourth-order valence-corrected chi connectivity index (χ4v) is 5.08. The summed E-state index contributed by atoms with van der Waals surface area (Å²) < 4.78 is 10.8. The molecule has 1 saturated heterocycles. The summed E-state index contributed by atoms with van der Waals surface area (Å²) >= 11 is 0. The lowest BCUT2D eigenvalue weighted by Crippen LogP contribution is -2.47. The van der Waals surface area contributed by atoms with Gasteiger partial charge in [-0.3, -0.25) is 14.6 Å². The minimum absolute atomic E-state index is 0.0275. The van der Waals surface area contributed by atoms with Crippen LogP contribution in [0.2, 0.25) is 0 Å². The second kappa shape index (κ2) is 9.26. The van der Waals surface area contributed by atoms with Crippen LogP contribution >= 0.6 is 0 Å². The van der Waals surface area contributed by atoms with Crippen LogP contribution in [0.4, 0.5) is 0 Å². The maximum absolute atomic E-state index is 13.4. The maximum Gasteiger partial charge on any atom is 0.256 e. The number of aromatic nitrogens is 1. The molecule has 186 valence electrons. The summed E-state index contributed by atoms with van der Waals surface area (Å²) in [6, 6.07) is 15.0. The molecule has 2 aliphatic heterocycles. The van der Waals surface area contributed by atoms with Crippen LogP contribution in [0.25, 0.3) is 10.9 Å². The fraction of sp³-hybridized carbons (Fsp3) is 0.357. The number of hydrogen-bond donors (Lipinski definition) is 0. The number of amides is 2. The third-order valence-corrected chi connectivity index (χ3v) is 7.16. The standard InChI is InChI=1S/C28H30N4O4/c1-28(2)25(19-10-11-22(35-3)23(17-19)36-4)30-32(27(28)34)20-12-15-31(16-13-20)26(33)21-9-5-7-18-8-6-14-29-24(18)21/h5-11,14,17,20H,12-13,15-16H2,1-4H3. The molecule has 36 heavy (non-hydrogen) atoms. The molecule has 8 heteroatoms. The zero-order valence-corrected chi connectivity index (χ0v) is 21.0. The topological polar surface area (TPSA) is 84.3 Å². The first-order valence-electron chi connectivity index (χ1n) is 12.1. The summed E-state index contributed by atoms with van der Waals surface area (Å²) in [6.07, 6.45) is 3.03. The molecule has 0 N–H and O–H groups in total. The molecular formula is C28H30N4O4. The number of carbonyl (C=O) groups excluding carboxylic acids is 2. The Morgan fingerprint density at radius 1 is 1.00 bits per heavy atom. The highest BCUT2D eigenvalue weighted by Crippen LogP contribution is 2.37. The van der Waals surface area contributed by atoms with Crippen molar-refractivity contribution < 1.29 is 19.1 Å². The predicted molar refractivity (Wildman–Crippen MR) is 137 cm³/mol. The summed E-state index contributed by atoms with van der Waals surface area (Å²) in [4.78, 5) is 33.0. The van der Waals surface area contributed by atoms with Gasteiger partial charge in [-0.2, -0.15) is 5.10 Å². The average molecular weight is 487 g/mol. The van der Waals surface area contributed by atoms with Crippen LogP contribution in [-0.4, -0.2) is 65.8 Å². The van der Waals surface area contributed by atoms with E-state index in [1.165, 1.54) is 0 Å². The highest BCUT2D eigenvalue weighted by Gasteiger charge is 2.47. The van der Waals surface area contributed by atoms with Crippen molar-refractivity contribution in [3.05, 3.63) is 65.9 Å². The molecule has 3 aromatic rings. The molecule has 8 nitrogen and oxygen atoms in total. The van der Waals surface area contributed by atoms with E-state index < -0.39 is 5.41 Å². The first-order chi connectivity index (χ1) is 17.3. The van der Waals surface area contributed by atoms with Gasteiger partial charge >= 0.3 is 0 Å².